The van der Waals surface area contributed by atoms with Crippen molar-refractivity contribution in [2.75, 3.05) is 0 Å². The Morgan fingerprint density at radius 2 is 2.43 bits per heavy atom. The van der Waals surface area contributed by atoms with E-state index in [4.69, 9.17) is 0 Å². The van der Waals surface area contributed by atoms with Crippen molar-refractivity contribution < 1.29 is 9.90 Å². The van der Waals surface area contributed by atoms with E-state index in [0.717, 1.165) is 5.57 Å². The number of carbonyl (C=O) groups is 1. The summed E-state index contributed by atoms with van der Waals surface area (Å²) in [6, 6.07) is 0. The first kappa shape index (κ1) is 11.2. The molecule has 1 N–H and O–H groups in total. The normalized spacial score (nSPS) is 34.9. The molecule has 0 saturated heterocycles. The molecule has 0 aromatic carbocycles. The first-order valence-corrected chi connectivity index (χ1v) is 5.01. The highest BCUT2D eigenvalue weighted by molar-refractivity contribution is 5.76. The lowest BCUT2D eigenvalue weighted by atomic mass is 9.76. The summed E-state index contributed by atoms with van der Waals surface area (Å²) >= 11 is 0. The quantitative estimate of drug-likeness (QED) is 0.732. The van der Waals surface area contributed by atoms with Crippen LogP contribution in [0.25, 0.3) is 0 Å². The molecule has 0 heterocycles. The van der Waals surface area contributed by atoms with E-state index in [2.05, 4.69) is 0 Å². The van der Waals surface area contributed by atoms with Gasteiger partial charge in [-0.1, -0.05) is 18.2 Å². The summed E-state index contributed by atoms with van der Waals surface area (Å²) in [6.45, 7) is 5.32. The third-order valence-electron chi connectivity index (χ3n) is 2.78. The average molecular weight is 194 g/mol. The highest BCUT2D eigenvalue weighted by Gasteiger charge is 2.33. The van der Waals surface area contributed by atoms with Crippen LogP contribution in [0.2, 0.25) is 0 Å². The number of carbonyl (C=O) groups excluding carboxylic acids is 1. The van der Waals surface area contributed by atoms with Gasteiger partial charge in [0.05, 0.1) is 5.60 Å². The standard InChI is InChI=1S/C12H18O2/c1-4-10-5-6-11(7-9(2)13)12(3,14)8-10/h4-6,11,14H,7-8H2,1-3H3. The van der Waals surface area contributed by atoms with Crippen molar-refractivity contribution >= 4 is 5.78 Å². The molecule has 0 bridgehead atoms. The zero-order chi connectivity index (χ0) is 10.8. The second-order valence-corrected chi connectivity index (χ2v) is 4.27. The van der Waals surface area contributed by atoms with Gasteiger partial charge >= 0.3 is 0 Å². The summed E-state index contributed by atoms with van der Waals surface area (Å²) in [5.41, 5.74) is 0.359. The summed E-state index contributed by atoms with van der Waals surface area (Å²) in [6.07, 6.45) is 7.01. The number of ketones is 1. The van der Waals surface area contributed by atoms with Crippen molar-refractivity contribution in [2.24, 2.45) is 5.92 Å². The summed E-state index contributed by atoms with van der Waals surface area (Å²) in [5.74, 6) is 0.0903. The summed E-state index contributed by atoms with van der Waals surface area (Å²) in [7, 11) is 0. The van der Waals surface area contributed by atoms with E-state index in [-0.39, 0.29) is 11.7 Å². The van der Waals surface area contributed by atoms with Crippen molar-refractivity contribution in [3.05, 3.63) is 23.8 Å². The molecule has 2 atom stereocenters. The number of Topliss-reactive ketones (excluding diaryl/α,β-unsaturated/α-hetero) is 1. The Kier molecular flexibility index (Phi) is 3.27. The molecule has 2 unspecified atom stereocenters. The molecule has 0 aliphatic heterocycles. The van der Waals surface area contributed by atoms with Gasteiger partial charge in [-0.2, -0.15) is 0 Å². The summed E-state index contributed by atoms with van der Waals surface area (Å²) < 4.78 is 0. The van der Waals surface area contributed by atoms with Crippen molar-refractivity contribution in [1.29, 1.82) is 0 Å². The molecule has 0 amide bonds. The predicted octanol–water partition coefficient (Wildman–Crippen LogP) is 2.24. The Morgan fingerprint density at radius 3 is 2.86 bits per heavy atom. The smallest absolute Gasteiger partial charge is 0.130 e. The molecule has 0 radical (unpaired) electrons. The average Bonchev–Trinajstić information content (AvgIpc) is 2.07. The van der Waals surface area contributed by atoms with Crippen LogP contribution in [0.3, 0.4) is 0 Å². The Labute approximate surface area is 85.3 Å². The van der Waals surface area contributed by atoms with Crippen molar-refractivity contribution in [2.45, 2.75) is 39.2 Å². The number of hydrogen-bond donors (Lipinski definition) is 1. The minimum atomic E-state index is -0.776. The van der Waals surface area contributed by atoms with Crippen LogP contribution in [0.5, 0.6) is 0 Å². The highest BCUT2D eigenvalue weighted by Crippen LogP contribution is 2.33. The van der Waals surface area contributed by atoms with Gasteiger partial charge in [0, 0.05) is 18.8 Å². The lowest BCUT2D eigenvalue weighted by molar-refractivity contribution is -0.119. The Balaban J connectivity index is 2.82. The number of aliphatic hydroxyl groups is 1. The number of hydrogen-bond acceptors (Lipinski definition) is 2. The first-order valence-electron chi connectivity index (χ1n) is 5.01. The number of rotatable bonds is 2. The molecule has 0 saturated carbocycles. The zero-order valence-corrected chi connectivity index (χ0v) is 9.08. The van der Waals surface area contributed by atoms with Crippen LogP contribution in [0.15, 0.2) is 23.8 Å². The third-order valence-corrected chi connectivity index (χ3v) is 2.78. The van der Waals surface area contributed by atoms with Crippen molar-refractivity contribution in [3.63, 3.8) is 0 Å². The molecule has 0 aromatic rings. The predicted molar refractivity (Wildman–Crippen MR) is 56.9 cm³/mol. The largest absolute Gasteiger partial charge is 0.389 e. The fourth-order valence-corrected chi connectivity index (χ4v) is 1.85. The Morgan fingerprint density at radius 1 is 1.79 bits per heavy atom. The van der Waals surface area contributed by atoms with Crippen molar-refractivity contribution in [1.82, 2.24) is 0 Å². The molecule has 1 aliphatic rings. The maximum absolute atomic E-state index is 11.0. The van der Waals surface area contributed by atoms with E-state index in [0.29, 0.717) is 12.8 Å². The Bertz CT molecular complexity index is 285. The molecule has 0 spiro atoms. The minimum absolute atomic E-state index is 0.0382. The molecule has 0 aromatic heterocycles. The van der Waals surface area contributed by atoms with Crippen LogP contribution in [0, 0.1) is 5.92 Å². The minimum Gasteiger partial charge on any atom is -0.389 e. The van der Waals surface area contributed by atoms with Crippen LogP contribution in [-0.2, 0) is 4.79 Å². The summed E-state index contributed by atoms with van der Waals surface area (Å²) in [5, 5.41) is 10.1. The molecule has 2 heteroatoms. The molecular formula is C12H18O2. The van der Waals surface area contributed by atoms with Crippen LogP contribution in [-0.4, -0.2) is 16.5 Å². The van der Waals surface area contributed by atoms with Gasteiger partial charge < -0.3 is 9.90 Å². The van der Waals surface area contributed by atoms with Gasteiger partial charge in [0.15, 0.2) is 0 Å². The lowest BCUT2D eigenvalue weighted by Crippen LogP contribution is -2.36. The second-order valence-electron chi connectivity index (χ2n) is 4.27. The van der Waals surface area contributed by atoms with E-state index < -0.39 is 5.60 Å². The third kappa shape index (κ3) is 2.55. The molecule has 0 fully saturated rings. The van der Waals surface area contributed by atoms with Crippen LogP contribution >= 0.6 is 0 Å². The number of allylic oxidation sites excluding steroid dienone is 2. The molecule has 78 valence electrons. The van der Waals surface area contributed by atoms with Crippen LogP contribution in [0.4, 0.5) is 0 Å². The molecule has 1 aliphatic carbocycles. The highest BCUT2D eigenvalue weighted by atomic mass is 16.3. The van der Waals surface area contributed by atoms with Gasteiger partial charge in [0.1, 0.15) is 5.78 Å². The maximum atomic E-state index is 11.0. The van der Waals surface area contributed by atoms with Gasteiger partial charge in [-0.05, 0) is 26.3 Å². The first-order chi connectivity index (χ1) is 6.45. The van der Waals surface area contributed by atoms with E-state index in [1.807, 2.05) is 25.2 Å². The lowest BCUT2D eigenvalue weighted by Gasteiger charge is -2.34. The molecular weight excluding hydrogens is 176 g/mol. The van der Waals surface area contributed by atoms with Crippen molar-refractivity contribution in [3.8, 4) is 0 Å². The molecule has 2 nitrogen and oxygen atoms in total. The van der Waals surface area contributed by atoms with E-state index in [1.54, 1.807) is 13.8 Å². The van der Waals surface area contributed by atoms with Gasteiger partial charge in [-0.15, -0.1) is 0 Å². The fourth-order valence-electron chi connectivity index (χ4n) is 1.85. The van der Waals surface area contributed by atoms with Gasteiger partial charge in [0.25, 0.3) is 0 Å². The maximum Gasteiger partial charge on any atom is 0.130 e. The fraction of sp³-hybridized carbons (Fsp3) is 0.583. The summed E-state index contributed by atoms with van der Waals surface area (Å²) in [4.78, 5) is 11.0. The van der Waals surface area contributed by atoms with Gasteiger partial charge in [0.2, 0.25) is 0 Å². The second kappa shape index (κ2) is 4.09. The zero-order valence-electron chi connectivity index (χ0n) is 9.08. The van der Waals surface area contributed by atoms with E-state index in [9.17, 15) is 9.90 Å². The molecule has 14 heavy (non-hydrogen) atoms. The van der Waals surface area contributed by atoms with Crippen LogP contribution in [0.1, 0.15) is 33.6 Å². The SMILES string of the molecule is CC=C1C=CC(CC(C)=O)C(C)(O)C1. The van der Waals surface area contributed by atoms with Gasteiger partial charge in [-0.3, -0.25) is 0 Å². The van der Waals surface area contributed by atoms with E-state index >= 15 is 0 Å². The Hall–Kier alpha value is -0.890. The molecule has 1 rings (SSSR count). The van der Waals surface area contributed by atoms with Gasteiger partial charge in [-0.25, -0.2) is 0 Å². The van der Waals surface area contributed by atoms with E-state index in [1.165, 1.54) is 0 Å². The monoisotopic (exact) mass is 194 g/mol. The van der Waals surface area contributed by atoms with Crippen LogP contribution < -0.4 is 0 Å². The topological polar surface area (TPSA) is 37.3 Å².